The van der Waals surface area contributed by atoms with Gasteiger partial charge in [0.15, 0.2) is 0 Å². The van der Waals surface area contributed by atoms with E-state index in [0.29, 0.717) is 6.61 Å². The highest BCUT2D eigenvalue weighted by Gasteiger charge is 2.19. The first kappa shape index (κ1) is 16.5. The zero-order valence-electron chi connectivity index (χ0n) is 12.1. The van der Waals surface area contributed by atoms with Crippen molar-refractivity contribution in [1.29, 1.82) is 0 Å². The number of halogens is 1. The molecular formula is C15H23BrO3. The van der Waals surface area contributed by atoms with Crippen LogP contribution in [0, 0.1) is 0 Å². The molecule has 0 spiro atoms. The molecule has 19 heavy (non-hydrogen) atoms. The molecule has 0 saturated heterocycles. The highest BCUT2D eigenvalue weighted by atomic mass is 79.9. The summed E-state index contributed by atoms with van der Waals surface area (Å²) in [4.78, 5) is 0. The molecule has 0 bridgehead atoms. The van der Waals surface area contributed by atoms with Crippen molar-refractivity contribution in [2.24, 2.45) is 0 Å². The minimum Gasteiger partial charge on any atom is -0.496 e. The molecule has 0 aliphatic rings. The second-order valence-electron chi connectivity index (χ2n) is 4.97. The molecule has 108 valence electrons. The number of alkyl halides is 1. The summed E-state index contributed by atoms with van der Waals surface area (Å²) in [5.74, 6) is 0.859. The van der Waals surface area contributed by atoms with Crippen LogP contribution in [0.3, 0.4) is 0 Å². The second kappa shape index (κ2) is 7.88. The minimum atomic E-state index is -0.155. The Morgan fingerprint density at radius 2 is 1.89 bits per heavy atom. The van der Waals surface area contributed by atoms with Gasteiger partial charge in [-0.2, -0.15) is 0 Å². The second-order valence-corrected chi connectivity index (χ2v) is 5.62. The third-order valence-electron chi connectivity index (χ3n) is 3.20. The molecule has 4 heteroatoms. The van der Waals surface area contributed by atoms with Crippen LogP contribution in [0.15, 0.2) is 24.3 Å². The Morgan fingerprint density at radius 1 is 1.21 bits per heavy atom. The molecule has 1 aromatic rings. The number of hydrogen-bond acceptors (Lipinski definition) is 3. The van der Waals surface area contributed by atoms with Crippen molar-refractivity contribution in [3.63, 3.8) is 0 Å². The lowest BCUT2D eigenvalue weighted by atomic mass is 10.1. The molecule has 0 aliphatic heterocycles. The van der Waals surface area contributed by atoms with E-state index >= 15 is 0 Å². The van der Waals surface area contributed by atoms with Gasteiger partial charge in [-0.1, -0.05) is 34.1 Å². The van der Waals surface area contributed by atoms with E-state index in [-0.39, 0.29) is 11.7 Å². The Morgan fingerprint density at radius 3 is 2.47 bits per heavy atom. The molecule has 0 saturated carbocycles. The highest BCUT2D eigenvalue weighted by molar-refractivity contribution is 9.09. The molecule has 0 aromatic heterocycles. The van der Waals surface area contributed by atoms with Gasteiger partial charge in [0.1, 0.15) is 5.75 Å². The number of ether oxygens (including phenoxy) is 3. The molecule has 1 unspecified atom stereocenters. The van der Waals surface area contributed by atoms with E-state index < -0.39 is 0 Å². The summed E-state index contributed by atoms with van der Waals surface area (Å²) < 4.78 is 16.7. The fourth-order valence-corrected chi connectivity index (χ4v) is 2.23. The first-order valence-electron chi connectivity index (χ1n) is 6.39. The van der Waals surface area contributed by atoms with Gasteiger partial charge in [0, 0.05) is 18.0 Å². The van der Waals surface area contributed by atoms with Gasteiger partial charge in [-0.05, 0) is 26.3 Å². The zero-order chi connectivity index (χ0) is 14.3. The van der Waals surface area contributed by atoms with E-state index in [0.717, 1.165) is 23.1 Å². The highest BCUT2D eigenvalue weighted by Crippen LogP contribution is 2.29. The van der Waals surface area contributed by atoms with Gasteiger partial charge in [-0.3, -0.25) is 0 Å². The van der Waals surface area contributed by atoms with Gasteiger partial charge in [-0.15, -0.1) is 0 Å². The first-order chi connectivity index (χ1) is 9.04. The van der Waals surface area contributed by atoms with Crippen LogP contribution in [-0.4, -0.2) is 31.8 Å². The number of rotatable bonds is 8. The average molecular weight is 331 g/mol. The lowest BCUT2D eigenvalue weighted by molar-refractivity contribution is -0.0231. The molecule has 0 radical (unpaired) electrons. The van der Waals surface area contributed by atoms with Crippen molar-refractivity contribution in [3.8, 4) is 5.75 Å². The molecule has 0 aliphatic carbocycles. The van der Waals surface area contributed by atoms with E-state index in [2.05, 4.69) is 29.8 Å². The SMILES string of the molecule is COc1ccccc1C(CBr)OCCC(C)(C)OC. The van der Waals surface area contributed by atoms with Gasteiger partial charge in [0.2, 0.25) is 0 Å². The van der Waals surface area contributed by atoms with E-state index in [1.807, 2.05) is 24.3 Å². The van der Waals surface area contributed by atoms with E-state index in [9.17, 15) is 0 Å². The van der Waals surface area contributed by atoms with Crippen LogP contribution < -0.4 is 4.74 Å². The Kier molecular flexibility index (Phi) is 6.83. The van der Waals surface area contributed by atoms with Crippen LogP contribution in [0.25, 0.3) is 0 Å². The van der Waals surface area contributed by atoms with E-state index in [1.54, 1.807) is 14.2 Å². The van der Waals surface area contributed by atoms with Crippen LogP contribution in [0.2, 0.25) is 0 Å². The smallest absolute Gasteiger partial charge is 0.124 e. The van der Waals surface area contributed by atoms with Crippen molar-refractivity contribution in [2.75, 3.05) is 26.2 Å². The molecule has 1 atom stereocenters. The third-order valence-corrected chi connectivity index (χ3v) is 3.79. The van der Waals surface area contributed by atoms with Crippen LogP contribution in [0.5, 0.6) is 5.75 Å². The van der Waals surface area contributed by atoms with Gasteiger partial charge in [0.05, 0.1) is 25.4 Å². The Bertz CT molecular complexity index is 379. The summed E-state index contributed by atoms with van der Waals surface area (Å²) in [7, 11) is 3.40. The summed E-state index contributed by atoms with van der Waals surface area (Å²) in [6.07, 6.45) is 0.839. The first-order valence-corrected chi connectivity index (χ1v) is 7.52. The average Bonchev–Trinajstić information content (AvgIpc) is 2.43. The molecule has 0 N–H and O–H groups in total. The number of para-hydroxylation sites is 1. The van der Waals surface area contributed by atoms with Crippen LogP contribution in [0.4, 0.5) is 0 Å². The monoisotopic (exact) mass is 330 g/mol. The van der Waals surface area contributed by atoms with Gasteiger partial charge in [0.25, 0.3) is 0 Å². The predicted molar refractivity (Wildman–Crippen MR) is 81.2 cm³/mol. The predicted octanol–water partition coefficient (Wildman–Crippen LogP) is 3.96. The lowest BCUT2D eigenvalue weighted by Crippen LogP contribution is -2.25. The van der Waals surface area contributed by atoms with Crippen LogP contribution in [0.1, 0.15) is 31.9 Å². The maximum Gasteiger partial charge on any atom is 0.124 e. The molecule has 0 heterocycles. The molecule has 0 fully saturated rings. The summed E-state index contributed by atoms with van der Waals surface area (Å²) >= 11 is 3.50. The topological polar surface area (TPSA) is 27.7 Å². The summed E-state index contributed by atoms with van der Waals surface area (Å²) in [5, 5.41) is 0.737. The molecular weight excluding hydrogens is 308 g/mol. The summed E-state index contributed by atoms with van der Waals surface area (Å²) in [6.45, 7) is 4.76. The third kappa shape index (κ3) is 5.13. The Hall–Kier alpha value is -0.580. The summed E-state index contributed by atoms with van der Waals surface area (Å²) in [6, 6.07) is 7.94. The van der Waals surface area contributed by atoms with Gasteiger partial charge < -0.3 is 14.2 Å². The van der Waals surface area contributed by atoms with Crippen LogP contribution >= 0.6 is 15.9 Å². The van der Waals surface area contributed by atoms with E-state index in [4.69, 9.17) is 14.2 Å². The fourth-order valence-electron chi connectivity index (χ4n) is 1.70. The molecule has 3 nitrogen and oxygen atoms in total. The maximum absolute atomic E-state index is 5.95. The quantitative estimate of drug-likeness (QED) is 0.675. The van der Waals surface area contributed by atoms with Crippen molar-refractivity contribution >= 4 is 15.9 Å². The molecule has 0 amide bonds. The van der Waals surface area contributed by atoms with Crippen molar-refractivity contribution in [2.45, 2.75) is 32.0 Å². The normalized spacial score (nSPS) is 13.3. The standard InChI is InChI=1S/C15H23BrO3/c1-15(2,18-4)9-10-19-14(11-16)12-7-5-6-8-13(12)17-3/h5-8,14H,9-11H2,1-4H3. The lowest BCUT2D eigenvalue weighted by Gasteiger charge is -2.24. The molecule has 1 rings (SSSR count). The van der Waals surface area contributed by atoms with Gasteiger partial charge in [-0.25, -0.2) is 0 Å². The zero-order valence-corrected chi connectivity index (χ0v) is 13.7. The fraction of sp³-hybridized carbons (Fsp3) is 0.600. The maximum atomic E-state index is 5.95. The van der Waals surface area contributed by atoms with Crippen molar-refractivity contribution in [3.05, 3.63) is 29.8 Å². The molecule has 1 aromatic carbocycles. The van der Waals surface area contributed by atoms with Gasteiger partial charge >= 0.3 is 0 Å². The van der Waals surface area contributed by atoms with E-state index in [1.165, 1.54) is 0 Å². The Balaban J connectivity index is 2.63. The van der Waals surface area contributed by atoms with Crippen molar-refractivity contribution in [1.82, 2.24) is 0 Å². The number of benzene rings is 1. The largest absolute Gasteiger partial charge is 0.496 e. The number of methoxy groups -OCH3 is 2. The minimum absolute atomic E-state index is 0.0104. The van der Waals surface area contributed by atoms with Crippen LogP contribution in [-0.2, 0) is 9.47 Å². The van der Waals surface area contributed by atoms with Crippen molar-refractivity contribution < 1.29 is 14.2 Å². The Labute approximate surface area is 124 Å². The summed E-state index contributed by atoms with van der Waals surface area (Å²) in [5.41, 5.74) is 0.912. The number of hydrogen-bond donors (Lipinski definition) is 0.